The topological polar surface area (TPSA) is 42.7 Å². The van der Waals surface area contributed by atoms with E-state index in [9.17, 15) is 4.79 Å². The van der Waals surface area contributed by atoms with Crippen molar-refractivity contribution in [2.75, 3.05) is 14.2 Å². The SMILES string of the molecule is COCc1ccc(C(=O)N(C)Cc2ccc(-c3ccc(Br)cc3)o2)cc1. The molecule has 26 heavy (non-hydrogen) atoms. The lowest BCUT2D eigenvalue weighted by Crippen LogP contribution is -2.25. The molecule has 4 nitrogen and oxygen atoms in total. The maximum absolute atomic E-state index is 12.6. The van der Waals surface area contributed by atoms with Crippen molar-refractivity contribution in [1.29, 1.82) is 0 Å². The Hall–Kier alpha value is -2.37. The summed E-state index contributed by atoms with van der Waals surface area (Å²) >= 11 is 3.43. The van der Waals surface area contributed by atoms with Gasteiger partial charge in [-0.1, -0.05) is 40.2 Å². The number of halogens is 1. The molecule has 0 saturated heterocycles. The highest BCUT2D eigenvalue weighted by atomic mass is 79.9. The standard InChI is InChI=1S/C21H20BrNO3/c1-23(21(24)17-5-3-15(4-6-17)14-25-2)13-19-11-12-20(26-19)16-7-9-18(22)10-8-16/h3-12H,13-14H2,1-2H3. The molecule has 0 saturated carbocycles. The van der Waals surface area contributed by atoms with Crippen LogP contribution in [0, 0.1) is 0 Å². The monoisotopic (exact) mass is 413 g/mol. The first-order valence-corrected chi connectivity index (χ1v) is 9.04. The van der Waals surface area contributed by atoms with Crippen LogP contribution in [0.15, 0.2) is 69.6 Å². The van der Waals surface area contributed by atoms with Crippen molar-refractivity contribution >= 4 is 21.8 Å². The van der Waals surface area contributed by atoms with Gasteiger partial charge in [-0.25, -0.2) is 0 Å². The van der Waals surface area contributed by atoms with Gasteiger partial charge < -0.3 is 14.1 Å². The molecule has 0 aliphatic rings. The highest BCUT2D eigenvalue weighted by Gasteiger charge is 2.14. The number of carbonyl (C=O) groups is 1. The largest absolute Gasteiger partial charge is 0.459 e. The minimum atomic E-state index is -0.0458. The molecule has 3 rings (SSSR count). The summed E-state index contributed by atoms with van der Waals surface area (Å²) in [4.78, 5) is 14.2. The van der Waals surface area contributed by atoms with Crippen LogP contribution < -0.4 is 0 Å². The number of carbonyl (C=O) groups excluding carboxylic acids is 1. The van der Waals surface area contributed by atoms with E-state index in [4.69, 9.17) is 9.15 Å². The Kier molecular flexibility index (Phi) is 5.91. The lowest BCUT2D eigenvalue weighted by molar-refractivity contribution is 0.0775. The lowest BCUT2D eigenvalue weighted by atomic mass is 10.1. The van der Waals surface area contributed by atoms with Crippen LogP contribution in [0.3, 0.4) is 0 Å². The van der Waals surface area contributed by atoms with Crippen molar-refractivity contribution in [3.05, 3.63) is 82.0 Å². The summed E-state index contributed by atoms with van der Waals surface area (Å²) in [7, 11) is 3.42. The van der Waals surface area contributed by atoms with E-state index in [1.807, 2.05) is 60.7 Å². The minimum absolute atomic E-state index is 0.0458. The van der Waals surface area contributed by atoms with Crippen molar-refractivity contribution in [2.45, 2.75) is 13.2 Å². The average molecular weight is 414 g/mol. The maximum atomic E-state index is 12.6. The highest BCUT2D eigenvalue weighted by molar-refractivity contribution is 9.10. The summed E-state index contributed by atoms with van der Waals surface area (Å²) in [5.74, 6) is 1.49. The average Bonchev–Trinajstić information content (AvgIpc) is 3.11. The molecule has 0 bridgehead atoms. The van der Waals surface area contributed by atoms with E-state index in [1.54, 1.807) is 19.1 Å². The number of benzene rings is 2. The number of hydrogen-bond donors (Lipinski definition) is 0. The molecule has 0 fully saturated rings. The molecule has 1 aromatic heterocycles. The first kappa shape index (κ1) is 18.4. The molecule has 2 aromatic carbocycles. The second kappa shape index (κ2) is 8.34. The molecule has 0 atom stereocenters. The predicted molar refractivity (Wildman–Crippen MR) is 105 cm³/mol. The van der Waals surface area contributed by atoms with Gasteiger partial charge in [0.2, 0.25) is 0 Å². The second-order valence-corrected chi connectivity index (χ2v) is 6.98. The van der Waals surface area contributed by atoms with Crippen LogP contribution in [-0.4, -0.2) is 25.0 Å². The Labute approximate surface area is 161 Å². The first-order valence-electron chi connectivity index (χ1n) is 8.25. The van der Waals surface area contributed by atoms with Gasteiger partial charge in [0.1, 0.15) is 11.5 Å². The minimum Gasteiger partial charge on any atom is -0.459 e. The smallest absolute Gasteiger partial charge is 0.254 e. The second-order valence-electron chi connectivity index (χ2n) is 6.06. The Morgan fingerprint density at radius 2 is 1.73 bits per heavy atom. The third-order valence-electron chi connectivity index (χ3n) is 4.04. The fraction of sp³-hybridized carbons (Fsp3) is 0.190. The van der Waals surface area contributed by atoms with E-state index in [1.165, 1.54) is 0 Å². The van der Waals surface area contributed by atoms with Crippen LogP contribution in [0.1, 0.15) is 21.7 Å². The van der Waals surface area contributed by atoms with Crippen LogP contribution in [0.2, 0.25) is 0 Å². The maximum Gasteiger partial charge on any atom is 0.254 e. The van der Waals surface area contributed by atoms with Gasteiger partial charge in [-0.15, -0.1) is 0 Å². The highest BCUT2D eigenvalue weighted by Crippen LogP contribution is 2.24. The van der Waals surface area contributed by atoms with E-state index in [-0.39, 0.29) is 5.91 Å². The summed E-state index contributed by atoms with van der Waals surface area (Å²) in [6.45, 7) is 0.949. The molecule has 0 unspecified atom stereocenters. The molecule has 0 radical (unpaired) electrons. The molecular weight excluding hydrogens is 394 g/mol. The molecule has 1 heterocycles. The van der Waals surface area contributed by atoms with Crippen molar-refractivity contribution in [3.63, 3.8) is 0 Å². The summed E-state index contributed by atoms with van der Waals surface area (Å²) in [6.07, 6.45) is 0. The van der Waals surface area contributed by atoms with Crippen molar-refractivity contribution in [1.82, 2.24) is 4.90 Å². The van der Waals surface area contributed by atoms with E-state index in [0.717, 1.165) is 27.1 Å². The van der Waals surface area contributed by atoms with Gasteiger partial charge in [0.25, 0.3) is 5.91 Å². The number of methoxy groups -OCH3 is 1. The van der Waals surface area contributed by atoms with Crippen LogP contribution in [0.25, 0.3) is 11.3 Å². The summed E-state index contributed by atoms with van der Waals surface area (Å²) in [6, 6.07) is 19.2. The Bertz CT molecular complexity index is 869. The molecule has 5 heteroatoms. The summed E-state index contributed by atoms with van der Waals surface area (Å²) < 4.78 is 12.0. The van der Waals surface area contributed by atoms with Crippen LogP contribution in [0.4, 0.5) is 0 Å². The summed E-state index contributed by atoms with van der Waals surface area (Å²) in [5.41, 5.74) is 2.69. The van der Waals surface area contributed by atoms with Gasteiger partial charge in [0.15, 0.2) is 0 Å². The van der Waals surface area contributed by atoms with Crippen molar-refractivity contribution in [2.24, 2.45) is 0 Å². The molecule has 134 valence electrons. The molecule has 0 spiro atoms. The quantitative estimate of drug-likeness (QED) is 0.562. The number of furan rings is 1. The predicted octanol–water partition coefficient (Wildman–Crippen LogP) is 5.13. The molecule has 0 aliphatic carbocycles. The van der Waals surface area contributed by atoms with Gasteiger partial charge >= 0.3 is 0 Å². The number of hydrogen-bond acceptors (Lipinski definition) is 3. The van der Waals surface area contributed by atoms with Crippen molar-refractivity contribution in [3.8, 4) is 11.3 Å². The summed E-state index contributed by atoms with van der Waals surface area (Å²) in [5, 5.41) is 0. The Morgan fingerprint density at radius 1 is 1.04 bits per heavy atom. The third-order valence-corrected chi connectivity index (χ3v) is 4.57. The van der Waals surface area contributed by atoms with Crippen LogP contribution in [0.5, 0.6) is 0 Å². The van der Waals surface area contributed by atoms with Gasteiger partial charge in [0.05, 0.1) is 13.2 Å². The van der Waals surface area contributed by atoms with Gasteiger partial charge in [-0.05, 0) is 42.0 Å². The molecule has 0 aliphatic heterocycles. The van der Waals surface area contributed by atoms with Crippen LogP contribution in [-0.2, 0) is 17.9 Å². The fourth-order valence-corrected chi connectivity index (χ4v) is 2.93. The van der Waals surface area contributed by atoms with Gasteiger partial charge in [0, 0.05) is 29.8 Å². The molecule has 0 N–H and O–H groups in total. The first-order chi connectivity index (χ1) is 12.6. The Balaban J connectivity index is 1.66. The fourth-order valence-electron chi connectivity index (χ4n) is 2.67. The zero-order chi connectivity index (χ0) is 18.5. The van der Waals surface area contributed by atoms with E-state index in [0.29, 0.717) is 18.7 Å². The van der Waals surface area contributed by atoms with E-state index in [2.05, 4.69) is 15.9 Å². The molecular formula is C21H20BrNO3. The number of ether oxygens (including phenoxy) is 1. The normalized spacial score (nSPS) is 10.7. The number of amides is 1. The Morgan fingerprint density at radius 3 is 2.38 bits per heavy atom. The lowest BCUT2D eigenvalue weighted by Gasteiger charge is -2.16. The molecule has 1 amide bonds. The van der Waals surface area contributed by atoms with Crippen LogP contribution >= 0.6 is 15.9 Å². The van der Waals surface area contributed by atoms with E-state index >= 15 is 0 Å². The number of nitrogens with zero attached hydrogens (tertiary/aromatic N) is 1. The third kappa shape index (κ3) is 4.42. The van der Waals surface area contributed by atoms with E-state index < -0.39 is 0 Å². The zero-order valence-corrected chi connectivity index (χ0v) is 16.3. The van der Waals surface area contributed by atoms with Crippen molar-refractivity contribution < 1.29 is 13.9 Å². The number of rotatable bonds is 6. The molecule has 3 aromatic rings. The van der Waals surface area contributed by atoms with Gasteiger partial charge in [-0.2, -0.15) is 0 Å². The van der Waals surface area contributed by atoms with Gasteiger partial charge in [-0.3, -0.25) is 4.79 Å². The zero-order valence-electron chi connectivity index (χ0n) is 14.7.